The molecule has 0 radical (unpaired) electrons. The van der Waals surface area contributed by atoms with Gasteiger partial charge in [0, 0.05) is 17.3 Å². The molecule has 116 valence electrons. The van der Waals surface area contributed by atoms with Crippen LogP contribution in [-0.2, 0) is 4.79 Å². The van der Waals surface area contributed by atoms with E-state index < -0.39 is 5.97 Å². The SMILES string of the molecule is Cc1c(C(=O)N2CCCC2CC(=O)O)sc2cc(F)ccc12. The van der Waals surface area contributed by atoms with Gasteiger partial charge in [-0.1, -0.05) is 6.07 Å². The largest absolute Gasteiger partial charge is 0.481 e. The third kappa shape index (κ3) is 2.59. The zero-order valence-electron chi connectivity index (χ0n) is 12.1. The van der Waals surface area contributed by atoms with Crippen molar-refractivity contribution in [3.05, 3.63) is 34.5 Å². The number of halogens is 1. The molecule has 1 unspecified atom stereocenters. The predicted octanol–water partition coefficient (Wildman–Crippen LogP) is 3.43. The lowest BCUT2D eigenvalue weighted by atomic mass is 10.1. The summed E-state index contributed by atoms with van der Waals surface area (Å²) in [5.74, 6) is -1.35. The molecule has 1 N–H and O–H groups in total. The number of carbonyl (C=O) groups is 2. The molecule has 1 aromatic heterocycles. The molecule has 1 aliphatic heterocycles. The highest BCUT2D eigenvalue weighted by molar-refractivity contribution is 7.21. The topological polar surface area (TPSA) is 57.6 Å². The lowest BCUT2D eigenvalue weighted by Gasteiger charge is -2.23. The van der Waals surface area contributed by atoms with Crippen LogP contribution in [0.2, 0.25) is 0 Å². The van der Waals surface area contributed by atoms with Crippen LogP contribution in [0.15, 0.2) is 18.2 Å². The Hall–Kier alpha value is -1.95. The standard InChI is InChI=1S/C16H16FNO3S/c1-9-12-5-4-10(17)7-13(12)22-15(9)16(21)18-6-2-3-11(18)8-14(19)20/h4-5,7,11H,2-3,6,8H2,1H3,(H,19,20). The molecule has 3 rings (SSSR count). The molecule has 0 saturated carbocycles. The van der Waals surface area contributed by atoms with Gasteiger partial charge in [-0.15, -0.1) is 11.3 Å². The number of aliphatic carboxylic acids is 1. The van der Waals surface area contributed by atoms with Crippen molar-refractivity contribution in [1.82, 2.24) is 4.90 Å². The maximum absolute atomic E-state index is 13.3. The van der Waals surface area contributed by atoms with Gasteiger partial charge in [0.2, 0.25) is 0 Å². The summed E-state index contributed by atoms with van der Waals surface area (Å²) < 4.78 is 14.1. The molecular formula is C16H16FNO3S. The van der Waals surface area contributed by atoms with Crippen LogP contribution >= 0.6 is 11.3 Å². The minimum Gasteiger partial charge on any atom is -0.481 e. The van der Waals surface area contributed by atoms with Crippen LogP contribution in [0.5, 0.6) is 0 Å². The Bertz CT molecular complexity index is 755. The van der Waals surface area contributed by atoms with Crippen LogP contribution < -0.4 is 0 Å². The average Bonchev–Trinajstić information content (AvgIpc) is 3.02. The van der Waals surface area contributed by atoms with Crippen LogP contribution in [0, 0.1) is 12.7 Å². The van der Waals surface area contributed by atoms with E-state index in [0.717, 1.165) is 28.5 Å². The van der Waals surface area contributed by atoms with Gasteiger partial charge < -0.3 is 10.0 Å². The number of amides is 1. The van der Waals surface area contributed by atoms with Gasteiger partial charge in [0.25, 0.3) is 5.91 Å². The van der Waals surface area contributed by atoms with Crippen molar-refractivity contribution in [3.63, 3.8) is 0 Å². The summed E-state index contributed by atoms with van der Waals surface area (Å²) >= 11 is 1.28. The number of nitrogens with zero attached hydrogens (tertiary/aromatic N) is 1. The van der Waals surface area contributed by atoms with Crippen molar-refractivity contribution in [2.75, 3.05) is 6.54 Å². The molecule has 22 heavy (non-hydrogen) atoms. The number of carbonyl (C=O) groups excluding carboxylic acids is 1. The van der Waals surface area contributed by atoms with Crippen molar-refractivity contribution < 1.29 is 19.1 Å². The van der Waals surface area contributed by atoms with Gasteiger partial charge in [0.1, 0.15) is 5.82 Å². The lowest BCUT2D eigenvalue weighted by molar-refractivity contribution is -0.137. The zero-order chi connectivity index (χ0) is 15.9. The number of likely N-dealkylation sites (tertiary alicyclic amines) is 1. The van der Waals surface area contributed by atoms with E-state index in [2.05, 4.69) is 0 Å². The van der Waals surface area contributed by atoms with Crippen molar-refractivity contribution in [3.8, 4) is 0 Å². The minimum absolute atomic E-state index is 0.0235. The van der Waals surface area contributed by atoms with E-state index in [1.807, 2.05) is 6.92 Å². The second-order valence-corrected chi connectivity index (χ2v) is 6.64. The fourth-order valence-electron chi connectivity index (χ4n) is 3.05. The van der Waals surface area contributed by atoms with Gasteiger partial charge in [-0.25, -0.2) is 4.39 Å². The third-order valence-electron chi connectivity index (χ3n) is 4.14. The van der Waals surface area contributed by atoms with Crippen molar-refractivity contribution in [1.29, 1.82) is 0 Å². The first kappa shape index (κ1) is 15.0. The Kier molecular flexibility index (Phi) is 3.87. The Morgan fingerprint density at radius 1 is 1.45 bits per heavy atom. The van der Waals surface area contributed by atoms with E-state index in [0.29, 0.717) is 11.4 Å². The fourth-order valence-corrected chi connectivity index (χ4v) is 4.24. The van der Waals surface area contributed by atoms with Gasteiger partial charge >= 0.3 is 5.97 Å². The van der Waals surface area contributed by atoms with Crippen LogP contribution in [-0.4, -0.2) is 34.5 Å². The molecule has 0 spiro atoms. The molecule has 1 fully saturated rings. The van der Waals surface area contributed by atoms with E-state index >= 15 is 0 Å². The summed E-state index contributed by atoms with van der Waals surface area (Å²) in [6.45, 7) is 2.44. The maximum Gasteiger partial charge on any atom is 0.305 e. The summed E-state index contributed by atoms with van der Waals surface area (Å²) in [4.78, 5) is 25.9. The third-order valence-corrected chi connectivity index (χ3v) is 5.39. The minimum atomic E-state index is -0.889. The number of carboxylic acid groups (broad SMARTS) is 1. The first-order valence-corrected chi connectivity index (χ1v) is 8.00. The molecule has 1 atom stereocenters. The highest BCUT2D eigenvalue weighted by Crippen LogP contribution is 2.34. The van der Waals surface area contributed by atoms with E-state index in [9.17, 15) is 14.0 Å². The Labute approximate surface area is 131 Å². The monoisotopic (exact) mass is 321 g/mol. The summed E-state index contributed by atoms with van der Waals surface area (Å²) in [5, 5.41) is 9.84. The summed E-state index contributed by atoms with van der Waals surface area (Å²) in [5.41, 5.74) is 0.839. The van der Waals surface area contributed by atoms with Gasteiger partial charge in [-0.2, -0.15) is 0 Å². The predicted molar refractivity (Wildman–Crippen MR) is 82.8 cm³/mol. The fraction of sp³-hybridized carbons (Fsp3) is 0.375. The van der Waals surface area contributed by atoms with E-state index in [1.54, 1.807) is 11.0 Å². The number of hydrogen-bond donors (Lipinski definition) is 1. The average molecular weight is 321 g/mol. The molecule has 2 heterocycles. The highest BCUT2D eigenvalue weighted by atomic mass is 32.1. The second-order valence-electron chi connectivity index (χ2n) is 5.59. The number of thiophene rings is 1. The molecule has 6 heteroatoms. The molecule has 0 bridgehead atoms. The number of rotatable bonds is 3. The molecule has 1 aliphatic rings. The van der Waals surface area contributed by atoms with Crippen LogP contribution in [0.3, 0.4) is 0 Å². The zero-order valence-corrected chi connectivity index (χ0v) is 13.0. The second kappa shape index (κ2) is 5.68. The van der Waals surface area contributed by atoms with Crippen LogP contribution in [0.25, 0.3) is 10.1 Å². The summed E-state index contributed by atoms with van der Waals surface area (Å²) in [7, 11) is 0. The Balaban J connectivity index is 1.94. The van der Waals surface area contributed by atoms with E-state index in [1.165, 1.54) is 23.5 Å². The van der Waals surface area contributed by atoms with Crippen LogP contribution in [0.1, 0.15) is 34.5 Å². The quantitative estimate of drug-likeness (QED) is 0.942. The maximum atomic E-state index is 13.3. The Morgan fingerprint density at radius 3 is 2.95 bits per heavy atom. The molecule has 2 aromatic rings. The van der Waals surface area contributed by atoms with Gasteiger partial charge in [-0.3, -0.25) is 9.59 Å². The van der Waals surface area contributed by atoms with Crippen LogP contribution in [0.4, 0.5) is 4.39 Å². The Morgan fingerprint density at radius 2 is 2.23 bits per heavy atom. The number of carboxylic acids is 1. The number of aryl methyl sites for hydroxylation is 1. The number of hydrogen-bond acceptors (Lipinski definition) is 3. The highest BCUT2D eigenvalue weighted by Gasteiger charge is 2.32. The van der Waals surface area contributed by atoms with Gasteiger partial charge in [0.05, 0.1) is 11.3 Å². The number of benzene rings is 1. The molecule has 4 nitrogen and oxygen atoms in total. The molecule has 1 amide bonds. The van der Waals surface area contributed by atoms with Gasteiger partial charge in [0.15, 0.2) is 0 Å². The first-order valence-electron chi connectivity index (χ1n) is 7.19. The molecular weight excluding hydrogens is 305 g/mol. The van der Waals surface area contributed by atoms with Crippen molar-refractivity contribution in [2.45, 2.75) is 32.2 Å². The van der Waals surface area contributed by atoms with Gasteiger partial charge in [-0.05, 0) is 42.8 Å². The first-order chi connectivity index (χ1) is 10.5. The number of fused-ring (bicyclic) bond motifs is 1. The summed E-state index contributed by atoms with van der Waals surface area (Å²) in [6, 6.07) is 4.26. The lowest BCUT2D eigenvalue weighted by Crippen LogP contribution is -2.36. The molecule has 1 aromatic carbocycles. The molecule has 0 aliphatic carbocycles. The van der Waals surface area contributed by atoms with E-state index in [-0.39, 0.29) is 24.2 Å². The van der Waals surface area contributed by atoms with Crippen molar-refractivity contribution in [2.24, 2.45) is 0 Å². The smallest absolute Gasteiger partial charge is 0.305 e. The molecule has 1 saturated heterocycles. The van der Waals surface area contributed by atoms with Crippen molar-refractivity contribution >= 4 is 33.3 Å². The normalized spacial score (nSPS) is 18.1. The van der Waals surface area contributed by atoms with E-state index in [4.69, 9.17) is 5.11 Å². The summed E-state index contributed by atoms with van der Waals surface area (Å²) in [6.07, 6.45) is 1.52.